The molecular weight excluding hydrogens is 272 g/mol. The molecule has 6 nitrogen and oxygen atoms in total. The van der Waals surface area contributed by atoms with Crippen LogP contribution in [0.1, 0.15) is 17.3 Å². The molecule has 3 amide bonds. The summed E-state index contributed by atoms with van der Waals surface area (Å²) in [5.74, 6) is -1.78. The Morgan fingerprint density at radius 2 is 2.16 bits per heavy atom. The highest BCUT2D eigenvalue weighted by Gasteiger charge is 2.34. The molecule has 7 heteroatoms. The number of hydrogen-bond acceptors (Lipinski definition) is 4. The van der Waals surface area contributed by atoms with E-state index in [9.17, 15) is 19.5 Å². The molecule has 1 aliphatic rings. The first-order valence-corrected chi connectivity index (χ1v) is 5.91. The monoisotopic (exact) mass is 282 g/mol. The summed E-state index contributed by atoms with van der Waals surface area (Å²) >= 11 is 5.89. The largest absolute Gasteiger partial charge is 0.508 e. The minimum absolute atomic E-state index is 0.0519. The van der Waals surface area contributed by atoms with Gasteiger partial charge in [0.25, 0.3) is 5.91 Å². The van der Waals surface area contributed by atoms with Gasteiger partial charge in [-0.25, -0.2) is 0 Å². The number of benzene rings is 1. The molecule has 2 rings (SSSR count). The van der Waals surface area contributed by atoms with Crippen LogP contribution in [0, 0.1) is 0 Å². The summed E-state index contributed by atoms with van der Waals surface area (Å²) in [6.45, 7) is 1.29. The number of imide groups is 1. The molecule has 1 unspecified atom stereocenters. The molecule has 1 heterocycles. The van der Waals surface area contributed by atoms with E-state index in [1.165, 1.54) is 25.1 Å². The van der Waals surface area contributed by atoms with E-state index < -0.39 is 23.8 Å². The van der Waals surface area contributed by atoms with Crippen LogP contribution in [-0.4, -0.2) is 40.3 Å². The quantitative estimate of drug-likeness (QED) is 0.736. The van der Waals surface area contributed by atoms with E-state index in [4.69, 9.17) is 11.6 Å². The summed E-state index contributed by atoms with van der Waals surface area (Å²) in [5.41, 5.74) is 0.0519. The fraction of sp³-hybridized carbons (Fsp3) is 0.250. The van der Waals surface area contributed by atoms with Crippen molar-refractivity contribution in [3.05, 3.63) is 28.8 Å². The van der Waals surface area contributed by atoms with Crippen LogP contribution in [0.4, 0.5) is 0 Å². The third kappa shape index (κ3) is 2.53. The van der Waals surface area contributed by atoms with Gasteiger partial charge in [0.05, 0.1) is 10.6 Å². The Kier molecular flexibility index (Phi) is 3.44. The lowest BCUT2D eigenvalue weighted by molar-refractivity contribution is -0.138. The van der Waals surface area contributed by atoms with Crippen molar-refractivity contribution < 1.29 is 19.5 Å². The summed E-state index contributed by atoms with van der Waals surface area (Å²) in [5, 5.41) is 11.7. The molecule has 100 valence electrons. The number of aromatic hydroxyl groups is 1. The van der Waals surface area contributed by atoms with Crippen molar-refractivity contribution in [3.8, 4) is 5.75 Å². The molecule has 2 N–H and O–H groups in total. The molecule has 0 bridgehead atoms. The summed E-state index contributed by atoms with van der Waals surface area (Å²) in [6.07, 6.45) is 0. The van der Waals surface area contributed by atoms with E-state index in [1.807, 2.05) is 0 Å². The van der Waals surface area contributed by atoms with E-state index in [-0.39, 0.29) is 22.9 Å². The van der Waals surface area contributed by atoms with E-state index in [1.54, 1.807) is 0 Å². The molecule has 1 saturated heterocycles. The van der Waals surface area contributed by atoms with E-state index in [0.29, 0.717) is 0 Å². The van der Waals surface area contributed by atoms with Crippen LogP contribution in [0.15, 0.2) is 18.2 Å². The van der Waals surface area contributed by atoms with Crippen molar-refractivity contribution in [2.24, 2.45) is 0 Å². The lowest BCUT2D eigenvalue weighted by Gasteiger charge is -2.31. The molecule has 0 aliphatic carbocycles. The van der Waals surface area contributed by atoms with Crippen LogP contribution in [0.2, 0.25) is 5.02 Å². The summed E-state index contributed by atoms with van der Waals surface area (Å²) in [6, 6.07) is 3.15. The van der Waals surface area contributed by atoms with Crippen LogP contribution < -0.4 is 5.32 Å². The van der Waals surface area contributed by atoms with Crippen molar-refractivity contribution in [2.75, 3.05) is 6.54 Å². The smallest absolute Gasteiger partial charge is 0.256 e. The second kappa shape index (κ2) is 4.89. The minimum Gasteiger partial charge on any atom is -0.508 e. The number of piperazine rings is 1. The Hall–Kier alpha value is -2.08. The predicted molar refractivity (Wildman–Crippen MR) is 66.8 cm³/mol. The number of amides is 3. The minimum atomic E-state index is -0.774. The maximum Gasteiger partial charge on any atom is 0.256 e. The van der Waals surface area contributed by atoms with Crippen molar-refractivity contribution in [1.29, 1.82) is 0 Å². The van der Waals surface area contributed by atoms with Gasteiger partial charge in [-0.2, -0.15) is 0 Å². The second-order valence-electron chi connectivity index (χ2n) is 4.19. The standard InChI is InChI=1S/C12H11ClN2O4/c1-6-11(18)14-10(17)5-15(6)12(19)8-4-7(16)2-3-9(8)13/h2-4,6,16H,5H2,1H3,(H,14,17,18). The van der Waals surface area contributed by atoms with Crippen LogP contribution in [0.25, 0.3) is 0 Å². The fourth-order valence-corrected chi connectivity index (χ4v) is 1.99. The highest BCUT2D eigenvalue weighted by molar-refractivity contribution is 6.34. The van der Waals surface area contributed by atoms with Gasteiger partial charge in [-0.1, -0.05) is 11.6 Å². The topological polar surface area (TPSA) is 86.7 Å². The first-order valence-electron chi connectivity index (χ1n) is 5.53. The number of nitrogens with one attached hydrogen (secondary N) is 1. The van der Waals surface area contributed by atoms with Gasteiger partial charge in [-0.15, -0.1) is 0 Å². The van der Waals surface area contributed by atoms with E-state index >= 15 is 0 Å². The number of nitrogens with zero attached hydrogens (tertiary/aromatic N) is 1. The van der Waals surface area contributed by atoms with Gasteiger partial charge >= 0.3 is 0 Å². The van der Waals surface area contributed by atoms with Gasteiger partial charge in [0.15, 0.2) is 0 Å². The number of phenolic OH excluding ortho intramolecular Hbond substituents is 1. The molecule has 1 atom stereocenters. The molecule has 19 heavy (non-hydrogen) atoms. The summed E-state index contributed by atoms with van der Waals surface area (Å²) in [7, 11) is 0. The number of phenols is 1. The maximum absolute atomic E-state index is 12.3. The third-order valence-corrected chi connectivity index (χ3v) is 3.19. The highest BCUT2D eigenvalue weighted by atomic mass is 35.5. The Balaban J connectivity index is 2.35. The van der Waals surface area contributed by atoms with Gasteiger partial charge in [0.2, 0.25) is 11.8 Å². The zero-order valence-electron chi connectivity index (χ0n) is 10.0. The average molecular weight is 283 g/mol. The lowest BCUT2D eigenvalue weighted by Crippen LogP contribution is -2.58. The summed E-state index contributed by atoms with van der Waals surface area (Å²) < 4.78 is 0. The first-order chi connectivity index (χ1) is 8.90. The van der Waals surface area contributed by atoms with Crippen LogP contribution >= 0.6 is 11.6 Å². The molecule has 1 aromatic rings. The molecule has 1 aliphatic heterocycles. The second-order valence-corrected chi connectivity index (χ2v) is 4.59. The number of carbonyl (C=O) groups excluding carboxylic acids is 3. The number of hydrogen-bond donors (Lipinski definition) is 2. The third-order valence-electron chi connectivity index (χ3n) is 2.86. The van der Waals surface area contributed by atoms with Crippen molar-refractivity contribution in [2.45, 2.75) is 13.0 Å². The zero-order chi connectivity index (χ0) is 14.2. The molecule has 0 aromatic heterocycles. The number of halogens is 1. The van der Waals surface area contributed by atoms with E-state index in [2.05, 4.69) is 5.32 Å². The normalized spacial score (nSPS) is 19.3. The van der Waals surface area contributed by atoms with Crippen LogP contribution in [-0.2, 0) is 9.59 Å². The Labute approximate surface area is 114 Å². The summed E-state index contributed by atoms with van der Waals surface area (Å²) in [4.78, 5) is 36.2. The first kappa shape index (κ1) is 13.4. The highest BCUT2D eigenvalue weighted by Crippen LogP contribution is 2.23. The van der Waals surface area contributed by atoms with Crippen LogP contribution in [0.5, 0.6) is 5.75 Å². The van der Waals surface area contributed by atoms with Crippen molar-refractivity contribution in [1.82, 2.24) is 10.2 Å². The Bertz CT molecular complexity index is 573. The molecule has 0 radical (unpaired) electrons. The van der Waals surface area contributed by atoms with Gasteiger partial charge < -0.3 is 10.0 Å². The molecular formula is C12H11ClN2O4. The van der Waals surface area contributed by atoms with Crippen molar-refractivity contribution in [3.63, 3.8) is 0 Å². The zero-order valence-corrected chi connectivity index (χ0v) is 10.8. The lowest BCUT2D eigenvalue weighted by atomic mass is 10.1. The number of rotatable bonds is 1. The SMILES string of the molecule is CC1C(=O)NC(=O)CN1C(=O)c1cc(O)ccc1Cl. The van der Waals surface area contributed by atoms with Gasteiger partial charge in [-0.05, 0) is 25.1 Å². The van der Waals surface area contributed by atoms with Gasteiger partial charge in [-0.3, -0.25) is 19.7 Å². The van der Waals surface area contributed by atoms with Gasteiger partial charge in [0.1, 0.15) is 18.3 Å². The average Bonchev–Trinajstić information content (AvgIpc) is 2.36. The fourth-order valence-electron chi connectivity index (χ4n) is 1.79. The van der Waals surface area contributed by atoms with Crippen molar-refractivity contribution >= 4 is 29.3 Å². The van der Waals surface area contributed by atoms with E-state index in [0.717, 1.165) is 4.90 Å². The molecule has 0 saturated carbocycles. The van der Waals surface area contributed by atoms with Crippen LogP contribution in [0.3, 0.4) is 0 Å². The molecule has 0 spiro atoms. The number of carbonyl (C=O) groups is 3. The molecule has 1 aromatic carbocycles. The molecule has 1 fully saturated rings. The predicted octanol–water partition coefficient (Wildman–Crippen LogP) is 0.533. The Morgan fingerprint density at radius 3 is 2.84 bits per heavy atom. The maximum atomic E-state index is 12.3. The van der Waals surface area contributed by atoms with Gasteiger partial charge in [0, 0.05) is 0 Å². The Morgan fingerprint density at radius 1 is 1.47 bits per heavy atom.